The van der Waals surface area contributed by atoms with Gasteiger partial charge in [-0.25, -0.2) is 22.9 Å². The molecule has 0 saturated carbocycles. The molecule has 0 saturated heterocycles. The Morgan fingerprint density at radius 2 is 1.69 bits per heavy atom. The molecule has 9 nitrogen and oxygen atoms in total. The Labute approximate surface area is 187 Å². The van der Waals surface area contributed by atoms with Gasteiger partial charge in [-0.05, 0) is 70.2 Å². The SMILES string of the molecule is Cc1cnc(Nc2ccc(C(=O)O)cc2)nc1Nc1cccc(S(=O)(=O)NC(C)(C)C)c1. The number of carboxylic acid groups (broad SMARTS) is 1. The third-order valence-corrected chi connectivity index (χ3v) is 5.96. The highest BCUT2D eigenvalue weighted by Gasteiger charge is 2.22. The number of sulfonamides is 1. The number of carboxylic acids is 1. The van der Waals surface area contributed by atoms with Gasteiger partial charge in [0.2, 0.25) is 16.0 Å². The van der Waals surface area contributed by atoms with Crippen molar-refractivity contribution in [1.29, 1.82) is 0 Å². The molecule has 0 spiro atoms. The number of nitrogens with one attached hydrogen (secondary N) is 3. The normalized spacial score (nSPS) is 11.8. The summed E-state index contributed by atoms with van der Waals surface area (Å²) in [5, 5.41) is 15.2. The second-order valence-corrected chi connectivity index (χ2v) is 9.92. The minimum absolute atomic E-state index is 0.140. The lowest BCUT2D eigenvalue weighted by molar-refractivity contribution is 0.0697. The van der Waals surface area contributed by atoms with Crippen molar-refractivity contribution in [3.05, 3.63) is 65.9 Å². The van der Waals surface area contributed by atoms with Crippen molar-refractivity contribution in [2.24, 2.45) is 0 Å². The van der Waals surface area contributed by atoms with E-state index >= 15 is 0 Å². The zero-order valence-corrected chi connectivity index (χ0v) is 19.0. The van der Waals surface area contributed by atoms with Gasteiger partial charge in [0.25, 0.3) is 0 Å². The van der Waals surface area contributed by atoms with Crippen molar-refractivity contribution in [1.82, 2.24) is 14.7 Å². The van der Waals surface area contributed by atoms with Crippen molar-refractivity contribution in [2.45, 2.75) is 38.1 Å². The maximum absolute atomic E-state index is 12.6. The zero-order valence-electron chi connectivity index (χ0n) is 18.2. The third kappa shape index (κ3) is 6.02. The van der Waals surface area contributed by atoms with E-state index < -0.39 is 21.5 Å². The Bertz CT molecular complexity index is 1240. The molecule has 0 aliphatic carbocycles. The van der Waals surface area contributed by atoms with E-state index in [0.29, 0.717) is 23.1 Å². The van der Waals surface area contributed by atoms with Crippen LogP contribution in [0.3, 0.4) is 0 Å². The standard InChI is InChI=1S/C22H25N5O4S/c1-14-13-23-21(25-16-10-8-15(9-11-16)20(28)29)26-19(14)24-17-6-5-7-18(12-17)32(30,31)27-22(2,3)4/h5-13,27H,1-4H3,(H,28,29)(H2,23,24,25,26). The lowest BCUT2D eigenvalue weighted by atomic mass is 10.1. The lowest BCUT2D eigenvalue weighted by Gasteiger charge is -2.20. The molecule has 32 heavy (non-hydrogen) atoms. The van der Waals surface area contributed by atoms with E-state index in [1.165, 1.54) is 24.3 Å². The maximum Gasteiger partial charge on any atom is 0.335 e. The van der Waals surface area contributed by atoms with Gasteiger partial charge in [-0.3, -0.25) is 0 Å². The van der Waals surface area contributed by atoms with Crippen LogP contribution in [-0.4, -0.2) is 35.0 Å². The van der Waals surface area contributed by atoms with E-state index in [0.717, 1.165) is 5.56 Å². The molecule has 3 aromatic rings. The summed E-state index contributed by atoms with van der Waals surface area (Å²) in [6.45, 7) is 7.16. The molecule has 0 amide bonds. The molecule has 3 rings (SSSR count). The number of hydrogen-bond donors (Lipinski definition) is 4. The van der Waals surface area contributed by atoms with Crippen LogP contribution < -0.4 is 15.4 Å². The molecule has 4 N–H and O–H groups in total. The van der Waals surface area contributed by atoms with Crippen LogP contribution in [-0.2, 0) is 10.0 Å². The molecular formula is C22H25N5O4S. The highest BCUT2D eigenvalue weighted by atomic mass is 32.2. The molecule has 2 aromatic carbocycles. The minimum atomic E-state index is -3.68. The van der Waals surface area contributed by atoms with E-state index in [2.05, 4.69) is 25.3 Å². The van der Waals surface area contributed by atoms with Crippen molar-refractivity contribution in [3.63, 3.8) is 0 Å². The molecular weight excluding hydrogens is 430 g/mol. The van der Waals surface area contributed by atoms with E-state index in [1.54, 1.807) is 51.2 Å². The van der Waals surface area contributed by atoms with Crippen LogP contribution in [0.15, 0.2) is 59.6 Å². The number of hydrogen-bond acceptors (Lipinski definition) is 7. The van der Waals surface area contributed by atoms with Gasteiger partial charge >= 0.3 is 5.97 Å². The van der Waals surface area contributed by atoms with Crippen LogP contribution in [0.5, 0.6) is 0 Å². The Morgan fingerprint density at radius 1 is 1.00 bits per heavy atom. The summed E-state index contributed by atoms with van der Waals surface area (Å²) in [7, 11) is -3.68. The van der Waals surface area contributed by atoms with E-state index in [4.69, 9.17) is 5.11 Å². The quantitative estimate of drug-likeness (QED) is 0.419. The third-order valence-electron chi connectivity index (χ3n) is 4.21. The van der Waals surface area contributed by atoms with Crippen LogP contribution in [0.4, 0.5) is 23.1 Å². The predicted molar refractivity (Wildman–Crippen MR) is 123 cm³/mol. The Hall–Kier alpha value is -3.50. The molecule has 0 fully saturated rings. The van der Waals surface area contributed by atoms with Gasteiger partial charge in [0.15, 0.2) is 0 Å². The van der Waals surface area contributed by atoms with Crippen LogP contribution in [0.1, 0.15) is 36.7 Å². The van der Waals surface area contributed by atoms with Crippen LogP contribution in [0, 0.1) is 6.92 Å². The molecule has 0 aliphatic rings. The van der Waals surface area contributed by atoms with E-state index in [1.807, 2.05) is 6.92 Å². The molecule has 1 aromatic heterocycles. The smallest absolute Gasteiger partial charge is 0.335 e. The summed E-state index contributed by atoms with van der Waals surface area (Å²) >= 11 is 0. The molecule has 10 heteroatoms. The fourth-order valence-electron chi connectivity index (χ4n) is 2.79. The number of aromatic carboxylic acids is 1. The van der Waals surface area contributed by atoms with E-state index in [-0.39, 0.29) is 10.5 Å². The number of nitrogens with zero attached hydrogens (tertiary/aromatic N) is 2. The van der Waals surface area contributed by atoms with Crippen LogP contribution >= 0.6 is 0 Å². The monoisotopic (exact) mass is 455 g/mol. The second-order valence-electron chi connectivity index (χ2n) is 8.24. The molecule has 168 valence electrons. The van der Waals surface area contributed by atoms with E-state index in [9.17, 15) is 13.2 Å². The fourth-order valence-corrected chi connectivity index (χ4v) is 4.26. The number of carbonyl (C=O) groups is 1. The molecule has 0 atom stereocenters. The summed E-state index contributed by atoms with van der Waals surface area (Å²) in [4.78, 5) is 19.8. The summed E-state index contributed by atoms with van der Waals surface area (Å²) in [6.07, 6.45) is 1.63. The molecule has 1 heterocycles. The van der Waals surface area contributed by atoms with Gasteiger partial charge in [-0.1, -0.05) is 6.07 Å². The van der Waals surface area contributed by atoms with Crippen LogP contribution in [0.25, 0.3) is 0 Å². The Kier molecular flexibility index (Phi) is 6.47. The maximum atomic E-state index is 12.6. The first-order chi connectivity index (χ1) is 14.9. The summed E-state index contributed by atoms with van der Waals surface area (Å²) in [6, 6.07) is 12.7. The van der Waals surface area contributed by atoms with Crippen molar-refractivity contribution in [2.75, 3.05) is 10.6 Å². The Morgan fingerprint density at radius 3 is 2.31 bits per heavy atom. The summed E-state index contributed by atoms with van der Waals surface area (Å²) in [5.41, 5.74) is 1.53. The average molecular weight is 456 g/mol. The van der Waals surface area contributed by atoms with Crippen molar-refractivity contribution >= 4 is 39.1 Å². The highest BCUT2D eigenvalue weighted by molar-refractivity contribution is 7.89. The second kappa shape index (κ2) is 8.93. The lowest BCUT2D eigenvalue weighted by Crippen LogP contribution is -2.40. The average Bonchev–Trinajstić information content (AvgIpc) is 2.69. The van der Waals surface area contributed by atoms with Crippen molar-refractivity contribution in [3.8, 4) is 0 Å². The van der Waals surface area contributed by atoms with Gasteiger partial charge in [0.1, 0.15) is 5.82 Å². The molecule has 0 aliphatic heterocycles. The molecule has 0 radical (unpaired) electrons. The molecule has 0 bridgehead atoms. The van der Waals surface area contributed by atoms with Crippen molar-refractivity contribution < 1.29 is 18.3 Å². The number of rotatable bonds is 7. The van der Waals surface area contributed by atoms with Crippen LogP contribution in [0.2, 0.25) is 0 Å². The summed E-state index contributed by atoms with van der Waals surface area (Å²) in [5.74, 6) is -0.195. The predicted octanol–water partition coefficient (Wildman–Crippen LogP) is 4.05. The number of aromatic nitrogens is 2. The van der Waals surface area contributed by atoms with Gasteiger partial charge in [-0.2, -0.15) is 4.98 Å². The first-order valence-electron chi connectivity index (χ1n) is 9.78. The van der Waals surface area contributed by atoms with Gasteiger partial charge in [0.05, 0.1) is 10.5 Å². The van der Waals surface area contributed by atoms with Gasteiger partial charge in [-0.15, -0.1) is 0 Å². The first-order valence-corrected chi connectivity index (χ1v) is 11.3. The topological polar surface area (TPSA) is 133 Å². The zero-order chi connectivity index (χ0) is 23.5. The first kappa shape index (κ1) is 23.2. The number of aryl methyl sites for hydroxylation is 1. The molecule has 0 unspecified atom stereocenters. The largest absolute Gasteiger partial charge is 0.478 e. The fraction of sp³-hybridized carbons (Fsp3) is 0.227. The number of anilines is 4. The minimum Gasteiger partial charge on any atom is -0.478 e. The summed E-state index contributed by atoms with van der Waals surface area (Å²) < 4.78 is 27.9. The Balaban J connectivity index is 1.81. The van der Waals surface area contributed by atoms with Gasteiger partial charge in [0, 0.05) is 28.7 Å². The number of benzene rings is 2. The van der Waals surface area contributed by atoms with Gasteiger partial charge < -0.3 is 15.7 Å². The highest BCUT2D eigenvalue weighted by Crippen LogP contribution is 2.23.